The highest BCUT2D eigenvalue weighted by molar-refractivity contribution is 5.88. The standard InChI is InChI=1S/C19H25N3O5/c1-6-26-15-10-13(9-14(11-15)16(23)24)12-22-8-7-21(5)17(22)20-18(25)27-19(2,3)4/h7-11H,6,12H2,1-5H3,(H,23,24). The van der Waals surface area contributed by atoms with Gasteiger partial charge in [-0.1, -0.05) is 0 Å². The van der Waals surface area contributed by atoms with Crippen LogP contribution in [0, 0.1) is 0 Å². The molecule has 1 aromatic heterocycles. The van der Waals surface area contributed by atoms with Gasteiger partial charge in [-0.15, -0.1) is 4.99 Å². The third-order valence-corrected chi connectivity index (χ3v) is 3.50. The lowest BCUT2D eigenvalue weighted by Gasteiger charge is -2.17. The van der Waals surface area contributed by atoms with Crippen LogP contribution in [0.2, 0.25) is 0 Å². The number of carbonyl (C=O) groups excluding carboxylic acids is 1. The maximum absolute atomic E-state index is 12.1. The van der Waals surface area contributed by atoms with Crippen LogP contribution < -0.4 is 10.4 Å². The summed E-state index contributed by atoms with van der Waals surface area (Å²) in [5.74, 6) is -0.552. The predicted molar refractivity (Wildman–Crippen MR) is 98.9 cm³/mol. The van der Waals surface area contributed by atoms with Crippen molar-refractivity contribution in [1.82, 2.24) is 9.13 Å². The van der Waals surface area contributed by atoms with E-state index in [0.717, 1.165) is 5.56 Å². The molecular weight excluding hydrogens is 350 g/mol. The molecule has 8 nitrogen and oxygen atoms in total. The van der Waals surface area contributed by atoms with Crippen LogP contribution in [-0.2, 0) is 18.3 Å². The summed E-state index contributed by atoms with van der Waals surface area (Å²) >= 11 is 0. The number of rotatable bonds is 5. The molecule has 146 valence electrons. The van der Waals surface area contributed by atoms with Gasteiger partial charge in [-0.2, -0.15) is 0 Å². The van der Waals surface area contributed by atoms with E-state index in [-0.39, 0.29) is 5.56 Å². The smallest absolute Gasteiger partial charge is 0.437 e. The number of aromatic carboxylic acids is 1. The van der Waals surface area contributed by atoms with Crippen molar-refractivity contribution in [3.05, 3.63) is 47.3 Å². The maximum atomic E-state index is 12.1. The van der Waals surface area contributed by atoms with E-state index in [2.05, 4.69) is 4.99 Å². The Morgan fingerprint density at radius 1 is 1.19 bits per heavy atom. The highest BCUT2D eigenvalue weighted by atomic mass is 16.6. The zero-order valence-electron chi connectivity index (χ0n) is 16.2. The average molecular weight is 375 g/mol. The highest BCUT2D eigenvalue weighted by Gasteiger charge is 2.16. The predicted octanol–water partition coefficient (Wildman–Crippen LogP) is 2.81. The normalized spacial score (nSPS) is 12.1. The van der Waals surface area contributed by atoms with Crippen molar-refractivity contribution in [1.29, 1.82) is 0 Å². The molecule has 0 aliphatic rings. The van der Waals surface area contributed by atoms with Crippen LogP contribution in [0.25, 0.3) is 0 Å². The number of ether oxygens (including phenoxy) is 2. The monoisotopic (exact) mass is 375 g/mol. The van der Waals surface area contributed by atoms with Crippen LogP contribution in [-0.4, -0.2) is 38.5 Å². The van der Waals surface area contributed by atoms with Gasteiger partial charge in [0.05, 0.1) is 18.7 Å². The summed E-state index contributed by atoms with van der Waals surface area (Å²) in [5.41, 5.74) is 0.606. The van der Waals surface area contributed by atoms with Crippen LogP contribution in [0.3, 0.4) is 0 Å². The van der Waals surface area contributed by atoms with Gasteiger partial charge in [0.15, 0.2) is 0 Å². The number of aryl methyl sites for hydroxylation is 1. The molecule has 0 fully saturated rings. The summed E-state index contributed by atoms with van der Waals surface area (Å²) in [5, 5.41) is 9.31. The maximum Gasteiger partial charge on any atom is 0.437 e. The zero-order valence-corrected chi connectivity index (χ0v) is 16.2. The number of carboxylic acids is 1. The molecule has 0 unspecified atom stereocenters. The van der Waals surface area contributed by atoms with Gasteiger partial charge in [0.1, 0.15) is 11.4 Å². The molecule has 0 atom stereocenters. The first-order chi connectivity index (χ1) is 12.6. The van der Waals surface area contributed by atoms with Gasteiger partial charge in [-0.25, -0.2) is 9.59 Å². The number of imidazole rings is 1. The molecule has 2 rings (SSSR count). The van der Waals surface area contributed by atoms with Crippen LogP contribution in [0.5, 0.6) is 5.75 Å². The molecule has 1 N–H and O–H groups in total. The van der Waals surface area contributed by atoms with Gasteiger partial charge in [-0.05, 0) is 51.5 Å². The summed E-state index contributed by atoms with van der Waals surface area (Å²) in [6, 6.07) is 4.83. The number of carbonyl (C=O) groups is 2. The third-order valence-electron chi connectivity index (χ3n) is 3.50. The fourth-order valence-electron chi connectivity index (χ4n) is 2.47. The molecule has 2 aromatic rings. The van der Waals surface area contributed by atoms with Gasteiger partial charge >= 0.3 is 12.1 Å². The zero-order chi connectivity index (χ0) is 20.2. The molecule has 1 amide bonds. The Hall–Kier alpha value is -3.03. The second-order valence-electron chi connectivity index (χ2n) is 7.03. The summed E-state index contributed by atoms with van der Waals surface area (Å²) < 4.78 is 14.1. The average Bonchev–Trinajstić information content (AvgIpc) is 2.86. The van der Waals surface area contributed by atoms with Crippen molar-refractivity contribution in [2.24, 2.45) is 12.0 Å². The van der Waals surface area contributed by atoms with Gasteiger partial charge in [0, 0.05) is 19.4 Å². The Bertz CT molecular complexity index is 903. The Kier molecular flexibility index (Phi) is 6.09. The van der Waals surface area contributed by atoms with E-state index in [9.17, 15) is 14.7 Å². The lowest BCUT2D eigenvalue weighted by Crippen LogP contribution is -2.29. The molecule has 0 aliphatic carbocycles. The van der Waals surface area contributed by atoms with E-state index in [4.69, 9.17) is 9.47 Å². The summed E-state index contributed by atoms with van der Waals surface area (Å²) in [4.78, 5) is 27.5. The number of nitrogens with zero attached hydrogens (tertiary/aromatic N) is 3. The number of carboxylic acid groups (broad SMARTS) is 1. The molecule has 1 heterocycles. The highest BCUT2D eigenvalue weighted by Crippen LogP contribution is 2.18. The summed E-state index contributed by atoms with van der Waals surface area (Å²) in [6.45, 7) is 7.89. The minimum absolute atomic E-state index is 0.137. The van der Waals surface area contributed by atoms with Crippen LogP contribution >= 0.6 is 0 Å². The Morgan fingerprint density at radius 2 is 1.89 bits per heavy atom. The van der Waals surface area contributed by atoms with E-state index in [1.807, 2.05) is 6.92 Å². The first-order valence-electron chi connectivity index (χ1n) is 8.58. The number of benzene rings is 1. The van der Waals surface area contributed by atoms with Gasteiger partial charge in [0.25, 0.3) is 0 Å². The Labute approximate surface area is 157 Å². The SMILES string of the molecule is CCOc1cc(Cn2ccn(C)c2=NC(=O)OC(C)(C)C)cc(C(=O)O)c1. The fraction of sp³-hybridized carbons (Fsp3) is 0.421. The van der Waals surface area contributed by atoms with Crippen molar-refractivity contribution in [3.63, 3.8) is 0 Å². The minimum atomic E-state index is -1.03. The summed E-state index contributed by atoms with van der Waals surface area (Å²) in [6.07, 6.45) is 2.83. The van der Waals surface area contributed by atoms with E-state index in [1.54, 1.807) is 61.5 Å². The number of hydrogen-bond donors (Lipinski definition) is 1. The van der Waals surface area contributed by atoms with Crippen molar-refractivity contribution in [2.45, 2.75) is 39.8 Å². The molecule has 27 heavy (non-hydrogen) atoms. The first kappa shape index (κ1) is 20.3. The summed E-state index contributed by atoms with van der Waals surface area (Å²) in [7, 11) is 1.76. The van der Waals surface area contributed by atoms with Crippen molar-refractivity contribution in [2.75, 3.05) is 6.61 Å². The lowest BCUT2D eigenvalue weighted by molar-refractivity contribution is 0.0592. The van der Waals surface area contributed by atoms with Crippen LogP contribution in [0.4, 0.5) is 4.79 Å². The first-order valence-corrected chi connectivity index (χ1v) is 8.58. The number of hydrogen-bond acceptors (Lipinski definition) is 4. The lowest BCUT2D eigenvalue weighted by atomic mass is 10.1. The molecule has 0 spiro atoms. The second kappa shape index (κ2) is 8.11. The van der Waals surface area contributed by atoms with E-state index in [0.29, 0.717) is 24.5 Å². The molecule has 1 aromatic carbocycles. The molecule has 8 heteroatoms. The molecule has 0 saturated carbocycles. The molecule has 0 saturated heterocycles. The molecule has 0 radical (unpaired) electrons. The van der Waals surface area contributed by atoms with Crippen LogP contribution in [0.15, 0.2) is 35.6 Å². The van der Waals surface area contributed by atoms with E-state index >= 15 is 0 Å². The van der Waals surface area contributed by atoms with Crippen molar-refractivity contribution >= 4 is 12.1 Å². The van der Waals surface area contributed by atoms with E-state index < -0.39 is 17.7 Å². The topological polar surface area (TPSA) is 95.0 Å². The third kappa shape index (κ3) is 5.73. The quantitative estimate of drug-likeness (QED) is 0.867. The van der Waals surface area contributed by atoms with Crippen molar-refractivity contribution < 1.29 is 24.2 Å². The van der Waals surface area contributed by atoms with Crippen LogP contribution in [0.1, 0.15) is 43.6 Å². The van der Waals surface area contributed by atoms with Gasteiger partial charge in [0.2, 0.25) is 5.62 Å². The van der Waals surface area contributed by atoms with Gasteiger partial charge < -0.3 is 23.7 Å². The second-order valence-corrected chi connectivity index (χ2v) is 7.03. The van der Waals surface area contributed by atoms with E-state index in [1.165, 1.54) is 6.07 Å². The van der Waals surface area contributed by atoms with Crippen molar-refractivity contribution in [3.8, 4) is 5.75 Å². The molecule has 0 bridgehead atoms. The fourth-order valence-corrected chi connectivity index (χ4v) is 2.47. The molecule has 0 aliphatic heterocycles. The van der Waals surface area contributed by atoms with Gasteiger partial charge in [-0.3, -0.25) is 0 Å². The number of aromatic nitrogens is 2. The molecular formula is C19H25N3O5. The Morgan fingerprint density at radius 3 is 2.48 bits per heavy atom. The number of amides is 1. The largest absolute Gasteiger partial charge is 0.494 e. The minimum Gasteiger partial charge on any atom is -0.494 e. The Balaban J connectivity index is 2.39.